The number of fused-ring (bicyclic) bond motifs is 2. The van der Waals surface area contributed by atoms with E-state index in [0.717, 1.165) is 40.9 Å². The molecule has 0 saturated carbocycles. The number of ether oxygens (including phenoxy) is 3. The standard InChI is InChI=1S/C23H23NO5/c1-26-14-17-16-5-2-3-7-19(16)29-22(17)23(25)24-10-4-6-18(24)15-8-9-20-21(13-15)28-12-11-27-20/h2-3,5,7-9,13,18H,4,6,10-12,14H2,1H3/t18-/m1/s1. The Kier molecular flexibility index (Phi) is 4.64. The van der Waals surface area contributed by atoms with Gasteiger partial charge in [0.25, 0.3) is 5.91 Å². The predicted molar refractivity (Wildman–Crippen MR) is 107 cm³/mol. The van der Waals surface area contributed by atoms with Crippen LogP contribution in [-0.4, -0.2) is 37.7 Å². The molecule has 3 aromatic rings. The average Bonchev–Trinajstić information content (AvgIpc) is 3.39. The van der Waals surface area contributed by atoms with Crippen molar-refractivity contribution in [2.45, 2.75) is 25.5 Å². The fourth-order valence-electron chi connectivity index (χ4n) is 4.31. The molecule has 0 bridgehead atoms. The molecule has 2 aromatic carbocycles. The van der Waals surface area contributed by atoms with E-state index in [1.54, 1.807) is 7.11 Å². The van der Waals surface area contributed by atoms with Crippen molar-refractivity contribution >= 4 is 16.9 Å². The molecule has 0 radical (unpaired) electrons. The van der Waals surface area contributed by atoms with E-state index in [0.29, 0.717) is 37.7 Å². The Bertz CT molecular complexity index is 1060. The molecule has 1 aromatic heterocycles. The molecule has 0 N–H and O–H groups in total. The summed E-state index contributed by atoms with van der Waals surface area (Å²) in [5.41, 5.74) is 2.57. The lowest BCUT2D eigenvalue weighted by Crippen LogP contribution is -2.31. The van der Waals surface area contributed by atoms with Gasteiger partial charge in [-0.15, -0.1) is 0 Å². The Labute approximate surface area is 168 Å². The quantitative estimate of drug-likeness (QED) is 0.660. The van der Waals surface area contributed by atoms with Crippen molar-refractivity contribution < 1.29 is 23.4 Å². The smallest absolute Gasteiger partial charge is 0.290 e. The Morgan fingerprint density at radius 2 is 1.97 bits per heavy atom. The summed E-state index contributed by atoms with van der Waals surface area (Å²) in [6, 6.07) is 13.6. The van der Waals surface area contributed by atoms with Gasteiger partial charge in [-0.3, -0.25) is 4.79 Å². The van der Waals surface area contributed by atoms with Crippen LogP contribution in [-0.2, 0) is 11.3 Å². The molecule has 6 heteroatoms. The number of rotatable bonds is 4. The molecule has 0 aliphatic carbocycles. The van der Waals surface area contributed by atoms with Gasteiger partial charge in [0.15, 0.2) is 17.3 Å². The lowest BCUT2D eigenvalue weighted by atomic mass is 10.0. The van der Waals surface area contributed by atoms with Crippen LogP contribution in [0.15, 0.2) is 46.9 Å². The summed E-state index contributed by atoms with van der Waals surface area (Å²) in [7, 11) is 1.63. The normalized spacial score (nSPS) is 18.4. The number of nitrogens with zero attached hydrogens (tertiary/aromatic N) is 1. The van der Waals surface area contributed by atoms with Crippen molar-refractivity contribution in [1.82, 2.24) is 4.90 Å². The molecule has 1 saturated heterocycles. The molecule has 1 amide bonds. The van der Waals surface area contributed by atoms with Gasteiger partial charge < -0.3 is 23.5 Å². The van der Waals surface area contributed by atoms with Crippen molar-refractivity contribution in [2.75, 3.05) is 26.9 Å². The van der Waals surface area contributed by atoms with Crippen LogP contribution in [0.1, 0.15) is 40.6 Å². The van der Waals surface area contributed by atoms with Gasteiger partial charge in [-0.2, -0.15) is 0 Å². The van der Waals surface area contributed by atoms with Crippen LogP contribution in [0.25, 0.3) is 11.0 Å². The number of methoxy groups -OCH3 is 1. The largest absolute Gasteiger partial charge is 0.486 e. The van der Waals surface area contributed by atoms with Crippen LogP contribution >= 0.6 is 0 Å². The number of hydrogen-bond acceptors (Lipinski definition) is 5. The highest BCUT2D eigenvalue weighted by Crippen LogP contribution is 2.39. The van der Waals surface area contributed by atoms with Gasteiger partial charge in [0.05, 0.1) is 12.6 Å². The zero-order valence-corrected chi connectivity index (χ0v) is 16.3. The topological polar surface area (TPSA) is 61.1 Å². The third-order valence-electron chi connectivity index (χ3n) is 5.65. The summed E-state index contributed by atoms with van der Waals surface area (Å²) in [5, 5.41) is 0.924. The SMILES string of the molecule is COCc1c(C(=O)N2CCC[C@@H]2c2ccc3c(c2)OCCO3)oc2ccccc12. The second kappa shape index (κ2) is 7.44. The summed E-state index contributed by atoms with van der Waals surface area (Å²) in [5.74, 6) is 1.79. The van der Waals surface area contributed by atoms with Crippen LogP contribution in [0.2, 0.25) is 0 Å². The predicted octanol–water partition coefficient (Wildman–Crippen LogP) is 4.33. The zero-order valence-electron chi connectivity index (χ0n) is 16.3. The van der Waals surface area contributed by atoms with Crippen LogP contribution in [0, 0.1) is 0 Å². The third-order valence-corrected chi connectivity index (χ3v) is 5.65. The number of likely N-dealkylation sites (tertiary alicyclic amines) is 1. The van der Waals surface area contributed by atoms with Crippen LogP contribution in [0.3, 0.4) is 0 Å². The number of carbonyl (C=O) groups is 1. The second-order valence-corrected chi connectivity index (χ2v) is 7.40. The van der Waals surface area contributed by atoms with Crippen molar-refractivity contribution in [2.24, 2.45) is 0 Å². The van der Waals surface area contributed by atoms with Gasteiger partial charge in [-0.05, 0) is 36.6 Å². The molecule has 2 aliphatic heterocycles. The molecule has 0 unspecified atom stereocenters. The van der Waals surface area contributed by atoms with Crippen molar-refractivity contribution in [1.29, 1.82) is 0 Å². The minimum atomic E-state index is -0.0920. The molecule has 1 atom stereocenters. The van der Waals surface area contributed by atoms with E-state index >= 15 is 0 Å². The highest BCUT2D eigenvalue weighted by Gasteiger charge is 2.34. The third kappa shape index (κ3) is 3.13. The molecule has 2 aliphatic rings. The molecule has 0 spiro atoms. The molecular weight excluding hydrogens is 370 g/mol. The number of para-hydroxylation sites is 1. The van der Waals surface area contributed by atoms with Crippen LogP contribution in [0.4, 0.5) is 0 Å². The number of furan rings is 1. The van der Waals surface area contributed by atoms with Crippen LogP contribution in [0.5, 0.6) is 11.5 Å². The summed E-state index contributed by atoms with van der Waals surface area (Å²) >= 11 is 0. The molecule has 3 heterocycles. The van der Waals surface area contributed by atoms with E-state index in [9.17, 15) is 4.79 Å². The summed E-state index contributed by atoms with van der Waals surface area (Å²) < 4.78 is 22.7. The lowest BCUT2D eigenvalue weighted by Gasteiger charge is -2.26. The van der Waals surface area contributed by atoms with E-state index in [1.807, 2.05) is 47.4 Å². The molecule has 29 heavy (non-hydrogen) atoms. The van der Waals surface area contributed by atoms with Crippen molar-refractivity contribution in [3.8, 4) is 11.5 Å². The monoisotopic (exact) mass is 393 g/mol. The first-order valence-corrected chi connectivity index (χ1v) is 9.96. The first-order valence-electron chi connectivity index (χ1n) is 9.96. The van der Waals surface area contributed by atoms with Gasteiger partial charge in [0.1, 0.15) is 18.8 Å². The summed E-state index contributed by atoms with van der Waals surface area (Å²) in [6.07, 6.45) is 1.86. The minimum absolute atomic E-state index is 0.0121. The van der Waals surface area contributed by atoms with Gasteiger partial charge in [0, 0.05) is 24.6 Å². The molecular formula is C23H23NO5. The Morgan fingerprint density at radius 3 is 2.83 bits per heavy atom. The summed E-state index contributed by atoms with van der Waals surface area (Å²) in [6.45, 7) is 2.14. The highest BCUT2D eigenvalue weighted by atomic mass is 16.6. The number of hydrogen-bond donors (Lipinski definition) is 0. The first kappa shape index (κ1) is 18.1. The molecule has 150 valence electrons. The van der Waals surface area contributed by atoms with Gasteiger partial charge in [0.2, 0.25) is 0 Å². The Hall–Kier alpha value is -2.99. The van der Waals surface area contributed by atoms with E-state index in [2.05, 4.69) is 0 Å². The van der Waals surface area contributed by atoms with Crippen molar-refractivity contribution in [3.05, 3.63) is 59.4 Å². The van der Waals surface area contributed by atoms with Crippen LogP contribution < -0.4 is 9.47 Å². The maximum Gasteiger partial charge on any atom is 0.290 e. The Morgan fingerprint density at radius 1 is 1.14 bits per heavy atom. The minimum Gasteiger partial charge on any atom is -0.486 e. The van der Waals surface area contributed by atoms with E-state index in [4.69, 9.17) is 18.6 Å². The first-order chi connectivity index (χ1) is 14.3. The summed E-state index contributed by atoms with van der Waals surface area (Å²) in [4.78, 5) is 15.4. The molecule has 6 nitrogen and oxygen atoms in total. The van der Waals surface area contributed by atoms with E-state index in [-0.39, 0.29) is 11.9 Å². The molecule has 5 rings (SSSR count). The van der Waals surface area contributed by atoms with E-state index < -0.39 is 0 Å². The van der Waals surface area contributed by atoms with Gasteiger partial charge >= 0.3 is 0 Å². The van der Waals surface area contributed by atoms with E-state index in [1.165, 1.54) is 0 Å². The van der Waals surface area contributed by atoms with Crippen molar-refractivity contribution in [3.63, 3.8) is 0 Å². The fraction of sp³-hybridized carbons (Fsp3) is 0.348. The Balaban J connectivity index is 1.49. The van der Waals surface area contributed by atoms with Gasteiger partial charge in [-0.1, -0.05) is 24.3 Å². The number of amides is 1. The zero-order chi connectivity index (χ0) is 19.8. The number of carbonyl (C=O) groups excluding carboxylic acids is 1. The van der Waals surface area contributed by atoms with Gasteiger partial charge in [-0.25, -0.2) is 0 Å². The maximum absolute atomic E-state index is 13.5. The highest BCUT2D eigenvalue weighted by molar-refractivity contribution is 5.99. The molecule has 1 fully saturated rings. The average molecular weight is 393 g/mol. The number of benzene rings is 2. The lowest BCUT2D eigenvalue weighted by molar-refractivity contribution is 0.0698. The second-order valence-electron chi connectivity index (χ2n) is 7.40. The fourth-order valence-corrected chi connectivity index (χ4v) is 4.31. The maximum atomic E-state index is 13.5.